The molecule has 2 aromatic rings. The number of fused-ring (bicyclic) bond motifs is 1. The monoisotopic (exact) mass is 433 g/mol. The lowest BCUT2D eigenvalue weighted by molar-refractivity contribution is 0.0936. The smallest absolute Gasteiger partial charge is 0.407 e. The molecule has 2 aliphatic rings. The number of ether oxygens (including phenoxy) is 1. The summed E-state index contributed by atoms with van der Waals surface area (Å²) >= 11 is 0. The molecule has 3 heterocycles. The van der Waals surface area contributed by atoms with Crippen molar-refractivity contribution in [3.63, 3.8) is 0 Å². The molecule has 1 aliphatic carbocycles. The highest BCUT2D eigenvalue weighted by Crippen LogP contribution is 2.37. The van der Waals surface area contributed by atoms with Gasteiger partial charge >= 0.3 is 6.09 Å². The van der Waals surface area contributed by atoms with Crippen molar-refractivity contribution in [2.45, 2.75) is 68.9 Å². The van der Waals surface area contributed by atoms with Crippen molar-refractivity contribution in [1.82, 2.24) is 20.5 Å². The zero-order chi connectivity index (χ0) is 21.5. The van der Waals surface area contributed by atoms with Crippen LogP contribution in [0.2, 0.25) is 0 Å². The van der Waals surface area contributed by atoms with Crippen LogP contribution < -0.4 is 10.6 Å². The minimum absolute atomic E-state index is 0.0894. The first-order valence-corrected chi connectivity index (χ1v) is 11.8. The fourth-order valence-corrected chi connectivity index (χ4v) is 5.65. The largest absolute Gasteiger partial charge is 0.446 e. The molecular weight excluding hydrogens is 406 g/mol. The molecule has 1 aliphatic heterocycles. The number of nitrogens with zero attached hydrogens (tertiary/aromatic N) is 2. The number of aromatic nitrogens is 3. The van der Waals surface area contributed by atoms with E-state index < -0.39 is 15.9 Å². The summed E-state index contributed by atoms with van der Waals surface area (Å²) in [5.41, 5.74) is 1.70. The molecule has 0 radical (unpaired) electrons. The molecule has 3 N–H and O–H groups in total. The number of pyridine rings is 1. The van der Waals surface area contributed by atoms with E-state index in [1.807, 2.05) is 26.8 Å². The molecule has 0 spiro atoms. The van der Waals surface area contributed by atoms with Gasteiger partial charge in [0.05, 0.1) is 17.1 Å². The molecule has 1 amide bonds. The van der Waals surface area contributed by atoms with Gasteiger partial charge < -0.3 is 15.4 Å². The zero-order valence-corrected chi connectivity index (χ0v) is 18.2. The standard InChI is InChI=1S/C20H27N5O4S/c1-20(2,3)23-19(26)29-13-5-4-12(10-13)16-11-17(25-24-16)22-15-6-8-21-14-7-9-30(27,28)18(14)15/h6,8,11-13H,4-5,7,9-10H2,1-3H3,(H,23,26)(H2,21,22,24,25)/t12-,13+/m0/s1. The number of amides is 1. The molecule has 0 aromatic carbocycles. The number of carbonyl (C=O) groups is 1. The molecule has 1 saturated carbocycles. The van der Waals surface area contributed by atoms with E-state index in [4.69, 9.17) is 4.74 Å². The summed E-state index contributed by atoms with van der Waals surface area (Å²) in [6.45, 7) is 5.73. The number of alkyl carbamates (subject to hydrolysis) is 1. The molecule has 0 saturated heterocycles. The Morgan fingerprint density at radius 1 is 1.30 bits per heavy atom. The predicted molar refractivity (Wildman–Crippen MR) is 112 cm³/mol. The lowest BCUT2D eigenvalue weighted by Crippen LogP contribution is -2.42. The number of rotatable bonds is 4. The van der Waals surface area contributed by atoms with Gasteiger partial charge in [0.25, 0.3) is 0 Å². The zero-order valence-electron chi connectivity index (χ0n) is 17.4. The normalized spacial score (nSPS) is 22.5. The highest BCUT2D eigenvalue weighted by Gasteiger charge is 2.32. The van der Waals surface area contributed by atoms with Crippen LogP contribution in [0.15, 0.2) is 23.2 Å². The molecule has 2 aromatic heterocycles. The van der Waals surface area contributed by atoms with Gasteiger partial charge in [0, 0.05) is 35.8 Å². The third kappa shape index (κ3) is 4.43. The summed E-state index contributed by atoms with van der Waals surface area (Å²) in [4.78, 5) is 16.5. The van der Waals surface area contributed by atoms with Gasteiger partial charge in [-0.2, -0.15) is 5.10 Å². The topological polar surface area (TPSA) is 126 Å². The number of H-pyrrole nitrogens is 1. The number of aromatic amines is 1. The van der Waals surface area contributed by atoms with E-state index in [0.717, 1.165) is 25.0 Å². The second kappa shape index (κ2) is 7.57. The summed E-state index contributed by atoms with van der Waals surface area (Å²) < 4.78 is 30.2. The van der Waals surface area contributed by atoms with Gasteiger partial charge in [-0.1, -0.05) is 0 Å². The Balaban J connectivity index is 1.40. The molecule has 4 rings (SSSR count). The van der Waals surface area contributed by atoms with Crippen LogP contribution in [-0.4, -0.2) is 47.1 Å². The number of aryl methyl sites for hydroxylation is 1. The number of nitrogens with one attached hydrogen (secondary N) is 3. The van der Waals surface area contributed by atoms with Crippen molar-refractivity contribution in [2.75, 3.05) is 11.1 Å². The van der Waals surface area contributed by atoms with Crippen molar-refractivity contribution in [2.24, 2.45) is 0 Å². The van der Waals surface area contributed by atoms with E-state index in [9.17, 15) is 13.2 Å². The summed E-state index contributed by atoms with van der Waals surface area (Å²) in [5.74, 6) is 0.842. The maximum Gasteiger partial charge on any atom is 0.407 e. The van der Waals surface area contributed by atoms with Crippen molar-refractivity contribution < 1.29 is 17.9 Å². The highest BCUT2D eigenvalue weighted by molar-refractivity contribution is 7.91. The molecule has 9 nitrogen and oxygen atoms in total. The van der Waals surface area contributed by atoms with Crippen LogP contribution in [0.4, 0.5) is 16.3 Å². The first kappa shape index (κ1) is 20.6. The van der Waals surface area contributed by atoms with Gasteiger partial charge in [-0.15, -0.1) is 0 Å². The Hall–Kier alpha value is -2.62. The molecule has 0 unspecified atom stereocenters. The summed E-state index contributed by atoms with van der Waals surface area (Å²) in [5, 5.41) is 13.3. The van der Waals surface area contributed by atoms with Gasteiger partial charge in [-0.25, -0.2) is 13.2 Å². The minimum atomic E-state index is -3.31. The van der Waals surface area contributed by atoms with Crippen LogP contribution in [0.3, 0.4) is 0 Å². The van der Waals surface area contributed by atoms with Crippen LogP contribution in [-0.2, 0) is 21.0 Å². The Kier molecular flexibility index (Phi) is 5.21. The van der Waals surface area contributed by atoms with E-state index in [1.165, 1.54) is 0 Å². The average Bonchev–Trinajstić information content (AvgIpc) is 3.33. The molecule has 30 heavy (non-hydrogen) atoms. The van der Waals surface area contributed by atoms with Crippen molar-refractivity contribution in [3.8, 4) is 0 Å². The van der Waals surface area contributed by atoms with Crippen LogP contribution in [0.1, 0.15) is 57.3 Å². The Labute approximate surface area is 175 Å². The number of carbonyl (C=O) groups excluding carboxylic acids is 1. The van der Waals surface area contributed by atoms with Gasteiger partial charge in [0.15, 0.2) is 15.7 Å². The van der Waals surface area contributed by atoms with Crippen LogP contribution >= 0.6 is 0 Å². The molecule has 2 atom stereocenters. The lowest BCUT2D eigenvalue weighted by atomic mass is 10.0. The second-order valence-electron chi connectivity index (χ2n) is 8.95. The average molecular weight is 434 g/mol. The van der Waals surface area contributed by atoms with E-state index >= 15 is 0 Å². The number of hydrogen-bond acceptors (Lipinski definition) is 7. The number of sulfone groups is 1. The van der Waals surface area contributed by atoms with Crippen LogP contribution in [0.25, 0.3) is 0 Å². The van der Waals surface area contributed by atoms with E-state index in [-0.39, 0.29) is 28.2 Å². The van der Waals surface area contributed by atoms with Crippen LogP contribution in [0, 0.1) is 0 Å². The molecule has 1 fully saturated rings. The Morgan fingerprint density at radius 2 is 2.10 bits per heavy atom. The molecule has 0 bridgehead atoms. The highest BCUT2D eigenvalue weighted by atomic mass is 32.2. The van der Waals surface area contributed by atoms with Crippen molar-refractivity contribution in [1.29, 1.82) is 0 Å². The number of hydrogen-bond donors (Lipinski definition) is 3. The van der Waals surface area contributed by atoms with E-state index in [2.05, 4.69) is 25.8 Å². The predicted octanol–water partition coefficient (Wildman–Crippen LogP) is 3.04. The van der Waals surface area contributed by atoms with Gasteiger partial charge in [-0.05, 0) is 46.1 Å². The fourth-order valence-electron chi connectivity index (χ4n) is 4.01. The lowest BCUT2D eigenvalue weighted by Gasteiger charge is -2.22. The van der Waals surface area contributed by atoms with Crippen molar-refractivity contribution in [3.05, 3.63) is 29.7 Å². The fraction of sp³-hybridized carbons (Fsp3) is 0.550. The van der Waals surface area contributed by atoms with Crippen LogP contribution in [0.5, 0.6) is 0 Å². The van der Waals surface area contributed by atoms with Gasteiger partial charge in [0.2, 0.25) is 0 Å². The summed E-state index contributed by atoms with van der Waals surface area (Å²) in [6.07, 6.45) is 3.91. The third-order valence-electron chi connectivity index (χ3n) is 5.33. The van der Waals surface area contributed by atoms with E-state index in [0.29, 0.717) is 23.6 Å². The first-order chi connectivity index (χ1) is 14.1. The first-order valence-electron chi connectivity index (χ1n) is 10.1. The summed E-state index contributed by atoms with van der Waals surface area (Å²) in [7, 11) is -3.31. The maximum atomic E-state index is 12.3. The SMILES string of the molecule is CC(C)(C)NC(=O)O[C@@H]1CC[C@H](c2cc(Nc3ccnc4c3S(=O)(=O)CC4)n[nH]2)C1. The second-order valence-corrected chi connectivity index (χ2v) is 11.0. The molecule has 162 valence electrons. The summed E-state index contributed by atoms with van der Waals surface area (Å²) in [6, 6.07) is 3.54. The molecule has 10 heteroatoms. The maximum absolute atomic E-state index is 12.3. The Morgan fingerprint density at radius 3 is 2.87 bits per heavy atom. The van der Waals surface area contributed by atoms with Gasteiger partial charge in [0.1, 0.15) is 11.0 Å². The Bertz CT molecular complexity index is 1060. The van der Waals surface area contributed by atoms with Gasteiger partial charge in [-0.3, -0.25) is 10.1 Å². The number of anilines is 2. The quantitative estimate of drug-likeness (QED) is 0.676. The third-order valence-corrected chi connectivity index (χ3v) is 7.15. The van der Waals surface area contributed by atoms with E-state index in [1.54, 1.807) is 12.3 Å². The molecular formula is C20H27N5O4S. The minimum Gasteiger partial charge on any atom is -0.446 e. The van der Waals surface area contributed by atoms with Crippen molar-refractivity contribution >= 4 is 27.4 Å².